The summed E-state index contributed by atoms with van der Waals surface area (Å²) in [5.74, 6) is 1.51. The van der Waals surface area contributed by atoms with E-state index in [1.54, 1.807) is 0 Å². The molecule has 0 aromatic heterocycles. The minimum Gasteiger partial charge on any atom is -0.493 e. The summed E-state index contributed by atoms with van der Waals surface area (Å²) in [5, 5.41) is 3.48. The van der Waals surface area contributed by atoms with Crippen LogP contribution in [0.4, 0.5) is 0 Å². The van der Waals surface area contributed by atoms with Gasteiger partial charge in [0.1, 0.15) is 5.75 Å². The molecule has 0 aliphatic carbocycles. The van der Waals surface area contributed by atoms with Crippen molar-refractivity contribution in [1.82, 2.24) is 5.32 Å². The smallest absolute Gasteiger partial charge is 0.124 e. The number of rotatable bonds is 3. The summed E-state index contributed by atoms with van der Waals surface area (Å²) in [5.41, 5.74) is 1.26. The van der Waals surface area contributed by atoms with E-state index < -0.39 is 0 Å². The van der Waals surface area contributed by atoms with Crippen LogP contribution >= 0.6 is 0 Å². The molecule has 2 unspecified atom stereocenters. The molecule has 0 saturated carbocycles. The number of nitrogens with one attached hydrogen (secondary N) is 1. The van der Waals surface area contributed by atoms with E-state index in [1.165, 1.54) is 5.56 Å². The first kappa shape index (κ1) is 10.2. The van der Waals surface area contributed by atoms with Crippen LogP contribution in [-0.2, 0) is 0 Å². The molecule has 2 atom stereocenters. The van der Waals surface area contributed by atoms with E-state index in [-0.39, 0.29) is 0 Å². The summed E-state index contributed by atoms with van der Waals surface area (Å²) in [4.78, 5) is 0. The van der Waals surface area contributed by atoms with Gasteiger partial charge in [0.05, 0.1) is 6.61 Å². The topological polar surface area (TPSA) is 21.3 Å². The second-order valence-corrected chi connectivity index (χ2v) is 4.00. The lowest BCUT2D eigenvalue weighted by Crippen LogP contribution is -2.33. The number of benzene rings is 1. The second-order valence-electron chi connectivity index (χ2n) is 4.00. The van der Waals surface area contributed by atoms with Crippen LogP contribution in [0.3, 0.4) is 0 Å². The van der Waals surface area contributed by atoms with Crippen LogP contribution < -0.4 is 10.1 Å². The van der Waals surface area contributed by atoms with E-state index >= 15 is 0 Å². The Morgan fingerprint density at radius 1 is 1.53 bits per heavy atom. The van der Waals surface area contributed by atoms with Crippen LogP contribution in [0, 0.1) is 5.92 Å². The maximum absolute atomic E-state index is 5.68. The first-order chi connectivity index (χ1) is 7.33. The van der Waals surface area contributed by atoms with Crippen molar-refractivity contribution in [2.24, 2.45) is 5.92 Å². The van der Waals surface area contributed by atoms with E-state index in [9.17, 15) is 0 Å². The van der Waals surface area contributed by atoms with E-state index in [2.05, 4.69) is 31.0 Å². The Morgan fingerprint density at radius 2 is 2.33 bits per heavy atom. The van der Waals surface area contributed by atoms with Crippen LogP contribution in [-0.4, -0.2) is 13.2 Å². The van der Waals surface area contributed by atoms with Gasteiger partial charge in [0.2, 0.25) is 0 Å². The molecule has 0 bridgehead atoms. The van der Waals surface area contributed by atoms with E-state index in [4.69, 9.17) is 4.74 Å². The maximum Gasteiger partial charge on any atom is 0.124 e. The molecular weight excluding hydrogens is 186 g/mol. The zero-order chi connectivity index (χ0) is 10.7. The second kappa shape index (κ2) is 4.49. The van der Waals surface area contributed by atoms with Crippen LogP contribution in [0.25, 0.3) is 0 Å². The molecule has 0 saturated heterocycles. The molecular formula is C13H17NO. The summed E-state index contributed by atoms with van der Waals surface area (Å²) in [6, 6.07) is 8.62. The summed E-state index contributed by atoms with van der Waals surface area (Å²) in [6.45, 7) is 7.56. The maximum atomic E-state index is 5.68. The third-order valence-corrected chi connectivity index (χ3v) is 2.81. The summed E-state index contributed by atoms with van der Waals surface area (Å²) < 4.78 is 5.68. The first-order valence-corrected chi connectivity index (χ1v) is 5.39. The lowest BCUT2D eigenvalue weighted by molar-refractivity contribution is 0.191. The fourth-order valence-electron chi connectivity index (χ4n) is 2.01. The average molecular weight is 203 g/mol. The number of ether oxygens (including phenoxy) is 1. The minimum atomic E-state index is 0.382. The van der Waals surface area contributed by atoms with Gasteiger partial charge < -0.3 is 10.1 Å². The molecule has 1 aliphatic heterocycles. The average Bonchev–Trinajstić information content (AvgIpc) is 2.28. The Morgan fingerprint density at radius 3 is 3.13 bits per heavy atom. The molecule has 1 aliphatic rings. The zero-order valence-corrected chi connectivity index (χ0v) is 9.07. The van der Waals surface area contributed by atoms with Gasteiger partial charge in [-0.05, 0) is 6.07 Å². The van der Waals surface area contributed by atoms with Crippen molar-refractivity contribution < 1.29 is 4.74 Å². The first-order valence-electron chi connectivity index (χ1n) is 5.39. The van der Waals surface area contributed by atoms with Crippen LogP contribution in [0.2, 0.25) is 0 Å². The highest BCUT2D eigenvalue weighted by Gasteiger charge is 2.26. The van der Waals surface area contributed by atoms with Crippen molar-refractivity contribution in [2.45, 2.75) is 13.0 Å². The predicted molar refractivity (Wildman–Crippen MR) is 62.0 cm³/mol. The predicted octanol–water partition coefficient (Wildman–Crippen LogP) is 2.53. The van der Waals surface area contributed by atoms with Gasteiger partial charge in [-0.3, -0.25) is 0 Å². The summed E-state index contributed by atoms with van der Waals surface area (Å²) in [7, 11) is 0. The standard InChI is InChI=1S/C13H17NO/c1-3-8-14-13-10(2)9-15-12-7-5-4-6-11(12)13/h3-7,10,13-14H,1,8-9H2,2H3. The lowest BCUT2D eigenvalue weighted by atomic mass is 9.92. The van der Waals surface area contributed by atoms with Gasteiger partial charge in [-0.25, -0.2) is 0 Å². The van der Waals surface area contributed by atoms with Gasteiger partial charge in [-0.15, -0.1) is 6.58 Å². The Kier molecular flexibility index (Phi) is 3.07. The number of para-hydroxylation sites is 1. The van der Waals surface area contributed by atoms with Crippen molar-refractivity contribution >= 4 is 0 Å². The molecule has 15 heavy (non-hydrogen) atoms. The molecule has 80 valence electrons. The molecule has 0 spiro atoms. The summed E-state index contributed by atoms with van der Waals surface area (Å²) in [6.07, 6.45) is 1.89. The monoisotopic (exact) mass is 203 g/mol. The van der Waals surface area contributed by atoms with Crippen molar-refractivity contribution in [1.29, 1.82) is 0 Å². The van der Waals surface area contributed by atoms with E-state index in [0.717, 1.165) is 18.9 Å². The molecule has 1 aromatic carbocycles. The molecule has 0 fully saturated rings. The van der Waals surface area contributed by atoms with Crippen molar-refractivity contribution in [2.75, 3.05) is 13.2 Å². The lowest BCUT2D eigenvalue weighted by Gasteiger charge is -2.31. The normalized spacial score (nSPS) is 24.1. The van der Waals surface area contributed by atoms with Crippen LogP contribution in [0.1, 0.15) is 18.5 Å². The highest BCUT2D eigenvalue weighted by molar-refractivity contribution is 5.37. The number of hydrogen-bond acceptors (Lipinski definition) is 2. The quantitative estimate of drug-likeness (QED) is 0.762. The molecule has 0 radical (unpaired) electrons. The highest BCUT2D eigenvalue weighted by atomic mass is 16.5. The van der Waals surface area contributed by atoms with Gasteiger partial charge in [0, 0.05) is 24.1 Å². The van der Waals surface area contributed by atoms with Gasteiger partial charge in [-0.1, -0.05) is 31.2 Å². The molecule has 2 heteroatoms. The SMILES string of the molecule is C=CCNC1c2ccccc2OCC1C. The molecule has 1 aromatic rings. The van der Waals surface area contributed by atoms with E-state index in [0.29, 0.717) is 12.0 Å². The Balaban J connectivity index is 2.24. The van der Waals surface area contributed by atoms with Gasteiger partial charge in [-0.2, -0.15) is 0 Å². The van der Waals surface area contributed by atoms with Crippen molar-refractivity contribution in [3.05, 3.63) is 42.5 Å². The number of fused-ring (bicyclic) bond motifs is 1. The van der Waals surface area contributed by atoms with Gasteiger partial charge in [0.25, 0.3) is 0 Å². The fourth-order valence-corrected chi connectivity index (χ4v) is 2.01. The fraction of sp³-hybridized carbons (Fsp3) is 0.385. The van der Waals surface area contributed by atoms with Crippen molar-refractivity contribution in [3.63, 3.8) is 0 Å². The highest BCUT2D eigenvalue weighted by Crippen LogP contribution is 2.34. The van der Waals surface area contributed by atoms with E-state index in [1.807, 2.05) is 18.2 Å². The molecule has 0 amide bonds. The Labute approximate surface area is 91.0 Å². The zero-order valence-electron chi connectivity index (χ0n) is 9.07. The van der Waals surface area contributed by atoms with Crippen LogP contribution in [0.15, 0.2) is 36.9 Å². The molecule has 2 nitrogen and oxygen atoms in total. The number of hydrogen-bond donors (Lipinski definition) is 1. The van der Waals surface area contributed by atoms with Crippen molar-refractivity contribution in [3.8, 4) is 5.75 Å². The third kappa shape index (κ3) is 2.05. The molecule has 1 N–H and O–H groups in total. The molecule has 2 rings (SSSR count). The Bertz CT molecular complexity index is 348. The van der Waals surface area contributed by atoms with Crippen LogP contribution in [0.5, 0.6) is 5.75 Å². The van der Waals surface area contributed by atoms with Gasteiger partial charge >= 0.3 is 0 Å². The summed E-state index contributed by atoms with van der Waals surface area (Å²) >= 11 is 0. The molecule has 1 heterocycles. The Hall–Kier alpha value is -1.28. The largest absolute Gasteiger partial charge is 0.493 e. The minimum absolute atomic E-state index is 0.382. The van der Waals surface area contributed by atoms with Gasteiger partial charge in [0.15, 0.2) is 0 Å². The third-order valence-electron chi connectivity index (χ3n) is 2.81.